The molecule has 10 nitrogen and oxygen atoms in total. The third-order valence-electron chi connectivity index (χ3n) is 5.78. The number of likely N-dealkylation sites (tertiary alicyclic amines) is 2. The average Bonchev–Trinajstić information content (AvgIpc) is 3.32. The van der Waals surface area contributed by atoms with Crippen molar-refractivity contribution < 1.29 is 19.4 Å². The number of carbonyl (C=O) groups is 2. The van der Waals surface area contributed by atoms with Gasteiger partial charge in [0, 0.05) is 38.2 Å². The molecule has 1 atom stereocenters. The first-order chi connectivity index (χ1) is 14.6. The molecular weight excluding hydrogens is 402 g/mol. The Morgan fingerprint density at radius 1 is 1.16 bits per heavy atom. The van der Waals surface area contributed by atoms with Crippen molar-refractivity contribution in [1.82, 2.24) is 24.4 Å². The van der Waals surface area contributed by atoms with Crippen molar-refractivity contribution in [3.63, 3.8) is 0 Å². The van der Waals surface area contributed by atoms with Crippen LogP contribution in [0, 0.1) is 0 Å². The molecule has 0 saturated carbocycles. The molecule has 2 aliphatic rings. The summed E-state index contributed by atoms with van der Waals surface area (Å²) in [7, 11) is 0. The Balaban J connectivity index is 1.54. The van der Waals surface area contributed by atoms with E-state index in [1.807, 2.05) is 20.8 Å². The molecule has 2 aliphatic heterocycles. The molecule has 0 radical (unpaired) electrons. The molecular formula is C21H29N5O5. The first-order valence-corrected chi connectivity index (χ1v) is 10.7. The number of piperidine rings is 1. The predicted octanol–water partition coefficient (Wildman–Crippen LogP) is 1.34. The lowest BCUT2D eigenvalue weighted by molar-refractivity contribution is 0.0203. The lowest BCUT2D eigenvalue weighted by Gasteiger charge is -2.33. The van der Waals surface area contributed by atoms with Gasteiger partial charge in [-0.1, -0.05) is 0 Å². The second kappa shape index (κ2) is 7.99. The maximum Gasteiger partial charge on any atom is 0.410 e. The largest absolute Gasteiger partial charge is 0.444 e. The molecule has 2 saturated heterocycles. The van der Waals surface area contributed by atoms with Crippen molar-refractivity contribution in [1.29, 1.82) is 0 Å². The van der Waals surface area contributed by atoms with E-state index in [4.69, 9.17) is 4.74 Å². The summed E-state index contributed by atoms with van der Waals surface area (Å²) in [5, 5.41) is 14.1. The number of aliphatic hydroxyl groups is 1. The number of H-pyrrole nitrogens is 1. The van der Waals surface area contributed by atoms with Gasteiger partial charge in [0.1, 0.15) is 16.8 Å². The number of rotatable bonds is 2. The quantitative estimate of drug-likeness (QED) is 0.741. The van der Waals surface area contributed by atoms with Crippen LogP contribution in [0.4, 0.5) is 4.79 Å². The Labute approximate surface area is 179 Å². The number of nitrogens with one attached hydrogen (secondary N) is 1. The van der Waals surface area contributed by atoms with E-state index >= 15 is 0 Å². The van der Waals surface area contributed by atoms with E-state index in [0.717, 1.165) is 5.69 Å². The molecule has 0 aromatic carbocycles. The van der Waals surface area contributed by atoms with Gasteiger partial charge in [-0.25, -0.2) is 9.31 Å². The van der Waals surface area contributed by atoms with Gasteiger partial charge in [-0.05, 0) is 40.0 Å². The number of nitrogens with zero attached hydrogens (tertiary/aromatic N) is 4. The number of aromatic nitrogens is 3. The van der Waals surface area contributed by atoms with Crippen LogP contribution in [0.2, 0.25) is 0 Å². The van der Waals surface area contributed by atoms with Crippen LogP contribution in [0.3, 0.4) is 0 Å². The highest BCUT2D eigenvalue weighted by Crippen LogP contribution is 2.29. The van der Waals surface area contributed by atoms with E-state index in [2.05, 4.69) is 10.1 Å². The van der Waals surface area contributed by atoms with Gasteiger partial charge in [-0.3, -0.25) is 9.59 Å². The smallest absolute Gasteiger partial charge is 0.410 e. The lowest BCUT2D eigenvalue weighted by atomic mass is 9.93. The van der Waals surface area contributed by atoms with Crippen LogP contribution in [0.15, 0.2) is 17.1 Å². The summed E-state index contributed by atoms with van der Waals surface area (Å²) >= 11 is 0. The second-order valence-corrected chi connectivity index (χ2v) is 9.31. The zero-order chi connectivity index (χ0) is 22.3. The molecule has 2 N–H and O–H groups in total. The fraction of sp³-hybridized carbons (Fsp3) is 0.619. The molecule has 0 spiro atoms. The summed E-state index contributed by atoms with van der Waals surface area (Å²) in [5.74, 6) is -0.223. The van der Waals surface area contributed by atoms with E-state index in [-0.39, 0.29) is 30.0 Å². The van der Waals surface area contributed by atoms with E-state index in [1.165, 1.54) is 12.3 Å². The molecule has 0 aliphatic carbocycles. The third-order valence-corrected chi connectivity index (χ3v) is 5.78. The summed E-state index contributed by atoms with van der Waals surface area (Å²) in [6.07, 6.45) is 2.50. The number of β-amino-alcohol motifs (C(OH)–C–C–N with tert-alkyl or cyclic N) is 1. The second-order valence-electron chi connectivity index (χ2n) is 9.31. The molecule has 0 unspecified atom stereocenters. The molecule has 2 aromatic heterocycles. The van der Waals surface area contributed by atoms with Crippen LogP contribution >= 0.6 is 0 Å². The normalized spacial score (nSPS) is 20.5. The number of carbonyl (C=O) groups excluding carboxylic acids is 2. The van der Waals surface area contributed by atoms with Crippen LogP contribution in [0.1, 0.15) is 62.0 Å². The fourth-order valence-electron chi connectivity index (χ4n) is 4.24. The van der Waals surface area contributed by atoms with Crippen LogP contribution in [-0.2, 0) is 4.74 Å². The lowest BCUT2D eigenvalue weighted by Crippen LogP contribution is -2.41. The molecule has 31 heavy (non-hydrogen) atoms. The fourth-order valence-corrected chi connectivity index (χ4v) is 4.24. The Morgan fingerprint density at radius 3 is 2.45 bits per heavy atom. The monoisotopic (exact) mass is 431 g/mol. The number of aliphatic hydroxyl groups excluding tert-OH is 1. The molecule has 10 heteroatoms. The average molecular weight is 431 g/mol. The number of hydrogen-bond acceptors (Lipinski definition) is 6. The zero-order valence-corrected chi connectivity index (χ0v) is 18.1. The van der Waals surface area contributed by atoms with Gasteiger partial charge in [0.15, 0.2) is 0 Å². The molecule has 2 aromatic rings. The molecule has 2 amide bonds. The van der Waals surface area contributed by atoms with Crippen LogP contribution in [0.25, 0.3) is 5.65 Å². The third kappa shape index (κ3) is 4.43. The minimum absolute atomic E-state index is 0.0277. The number of ether oxygens (including phenoxy) is 1. The number of hydrogen-bond donors (Lipinski definition) is 2. The predicted molar refractivity (Wildman–Crippen MR) is 112 cm³/mol. The standard InChI is InChI=1S/C21H29N5O5/c1-21(2,3)31-20(30)24-7-4-13(5-8-24)16-10-17(28)23-18-15(11-22-26(16)18)19(29)25-9-6-14(27)12-25/h10-11,13-14,27H,4-9,12H2,1-3H3,(H,23,28)/t14-/m1/s1. The van der Waals surface area contributed by atoms with E-state index in [1.54, 1.807) is 14.3 Å². The van der Waals surface area contributed by atoms with E-state index in [9.17, 15) is 19.5 Å². The van der Waals surface area contributed by atoms with Gasteiger partial charge in [0.25, 0.3) is 11.5 Å². The topological polar surface area (TPSA) is 120 Å². The Morgan fingerprint density at radius 2 is 1.84 bits per heavy atom. The van der Waals surface area contributed by atoms with Crippen molar-refractivity contribution in [2.75, 3.05) is 26.2 Å². The van der Waals surface area contributed by atoms with Crippen molar-refractivity contribution in [3.05, 3.63) is 33.9 Å². The number of aromatic amines is 1. The van der Waals surface area contributed by atoms with Crippen molar-refractivity contribution in [3.8, 4) is 0 Å². The SMILES string of the molecule is CC(C)(C)OC(=O)N1CCC(c2cc(=O)[nH]c3c(C(=O)N4CC[C@@H](O)C4)cnn23)CC1. The first kappa shape index (κ1) is 21.4. The van der Waals surface area contributed by atoms with Crippen molar-refractivity contribution in [2.45, 2.75) is 57.7 Å². The van der Waals surface area contributed by atoms with Crippen LogP contribution in [0.5, 0.6) is 0 Å². The van der Waals surface area contributed by atoms with Gasteiger partial charge in [-0.2, -0.15) is 5.10 Å². The molecule has 4 heterocycles. The number of amides is 2. The minimum atomic E-state index is -0.545. The molecule has 2 fully saturated rings. The maximum atomic E-state index is 12.9. The highest BCUT2D eigenvalue weighted by Gasteiger charge is 2.31. The maximum absolute atomic E-state index is 12.9. The van der Waals surface area contributed by atoms with Gasteiger partial charge in [-0.15, -0.1) is 0 Å². The first-order valence-electron chi connectivity index (χ1n) is 10.7. The highest BCUT2D eigenvalue weighted by molar-refractivity contribution is 5.99. The summed E-state index contributed by atoms with van der Waals surface area (Å²) in [6.45, 7) is 7.31. The van der Waals surface area contributed by atoms with Crippen LogP contribution < -0.4 is 5.56 Å². The van der Waals surface area contributed by atoms with Crippen molar-refractivity contribution >= 4 is 17.6 Å². The van der Waals surface area contributed by atoms with Gasteiger partial charge < -0.3 is 24.6 Å². The van der Waals surface area contributed by atoms with Gasteiger partial charge >= 0.3 is 6.09 Å². The highest BCUT2D eigenvalue weighted by atomic mass is 16.6. The number of fused-ring (bicyclic) bond motifs is 1. The minimum Gasteiger partial charge on any atom is -0.444 e. The van der Waals surface area contributed by atoms with E-state index in [0.29, 0.717) is 50.1 Å². The van der Waals surface area contributed by atoms with Gasteiger partial charge in [0.2, 0.25) is 0 Å². The summed E-state index contributed by atoms with van der Waals surface area (Å²) in [6, 6.07) is 1.52. The Hall–Kier alpha value is -2.88. The summed E-state index contributed by atoms with van der Waals surface area (Å²) in [4.78, 5) is 43.6. The van der Waals surface area contributed by atoms with Crippen molar-refractivity contribution in [2.24, 2.45) is 0 Å². The Bertz CT molecular complexity index is 1040. The molecule has 4 rings (SSSR count). The Kier molecular flexibility index (Phi) is 5.50. The summed E-state index contributed by atoms with van der Waals surface area (Å²) < 4.78 is 7.07. The zero-order valence-electron chi connectivity index (χ0n) is 18.1. The van der Waals surface area contributed by atoms with E-state index < -0.39 is 11.7 Å². The molecule has 168 valence electrons. The van der Waals surface area contributed by atoms with Crippen LogP contribution in [-0.4, -0.2) is 79.4 Å². The van der Waals surface area contributed by atoms with Gasteiger partial charge in [0.05, 0.1) is 18.0 Å². The summed E-state index contributed by atoms with van der Waals surface area (Å²) in [5.41, 5.74) is 0.565. The molecule has 0 bridgehead atoms.